The van der Waals surface area contributed by atoms with Crippen molar-refractivity contribution in [2.24, 2.45) is 11.8 Å². The quantitative estimate of drug-likeness (QED) is 0.480. The lowest BCUT2D eigenvalue weighted by Gasteiger charge is -2.38. The highest BCUT2D eigenvalue weighted by Gasteiger charge is 2.32. The third-order valence-corrected chi connectivity index (χ3v) is 5.67. The van der Waals surface area contributed by atoms with Gasteiger partial charge >= 0.3 is 0 Å². The monoisotopic (exact) mass is 310 g/mol. The minimum Gasteiger partial charge on any atom is -0.352 e. The van der Waals surface area contributed by atoms with E-state index in [1.807, 2.05) is 0 Å². The van der Waals surface area contributed by atoms with Gasteiger partial charge in [0.1, 0.15) is 0 Å². The Kier molecular flexibility index (Phi) is 8.84. The van der Waals surface area contributed by atoms with Crippen LogP contribution < -0.4 is 0 Å². The largest absolute Gasteiger partial charge is 0.352 e. The zero-order valence-corrected chi connectivity index (χ0v) is 15.0. The highest BCUT2D eigenvalue weighted by atomic mass is 16.7. The lowest BCUT2D eigenvalue weighted by molar-refractivity contribution is -0.241. The second-order valence-electron chi connectivity index (χ2n) is 7.56. The smallest absolute Gasteiger partial charge is 0.160 e. The van der Waals surface area contributed by atoms with Gasteiger partial charge in [-0.25, -0.2) is 0 Å². The summed E-state index contributed by atoms with van der Waals surface area (Å²) in [7, 11) is 0. The molecule has 0 amide bonds. The molecule has 0 spiro atoms. The summed E-state index contributed by atoms with van der Waals surface area (Å²) in [6.45, 7) is 5.48. The van der Waals surface area contributed by atoms with E-state index in [1.54, 1.807) is 0 Å². The highest BCUT2D eigenvalue weighted by molar-refractivity contribution is 4.77. The molecule has 2 aliphatic rings. The van der Waals surface area contributed by atoms with E-state index in [0.717, 1.165) is 18.9 Å². The summed E-state index contributed by atoms with van der Waals surface area (Å²) in [4.78, 5) is 0. The standard InChI is InChI=1S/C20H38O2/c1-3-5-7-9-17-11-13-18(14-12-17)20-21-16-15-19(22-20)10-8-6-4-2/h17-20H,3-16H2,1-2H3/t17?,18?,19-,20-/m0/s1. The summed E-state index contributed by atoms with van der Waals surface area (Å²) in [6, 6.07) is 0. The lowest BCUT2D eigenvalue weighted by Crippen LogP contribution is -2.38. The molecular weight excluding hydrogens is 272 g/mol. The molecule has 1 heterocycles. The van der Waals surface area contributed by atoms with Gasteiger partial charge in [0.05, 0.1) is 12.7 Å². The normalized spacial score (nSPS) is 33.0. The predicted octanol–water partition coefficient (Wildman–Crippen LogP) is 6.09. The van der Waals surface area contributed by atoms with Crippen LogP contribution in [0.15, 0.2) is 0 Å². The molecule has 0 unspecified atom stereocenters. The van der Waals surface area contributed by atoms with Gasteiger partial charge in [0.15, 0.2) is 6.29 Å². The van der Waals surface area contributed by atoms with Crippen molar-refractivity contribution in [1.82, 2.24) is 0 Å². The molecule has 2 nitrogen and oxygen atoms in total. The fourth-order valence-electron chi connectivity index (χ4n) is 4.13. The fraction of sp³-hybridized carbons (Fsp3) is 1.00. The average Bonchev–Trinajstić information content (AvgIpc) is 2.56. The van der Waals surface area contributed by atoms with Crippen LogP contribution in [0.4, 0.5) is 0 Å². The van der Waals surface area contributed by atoms with Crippen molar-refractivity contribution in [2.75, 3.05) is 6.61 Å². The Labute approximate surface area is 138 Å². The fourth-order valence-corrected chi connectivity index (χ4v) is 4.13. The van der Waals surface area contributed by atoms with Gasteiger partial charge in [0, 0.05) is 5.92 Å². The van der Waals surface area contributed by atoms with Crippen LogP contribution >= 0.6 is 0 Å². The van der Waals surface area contributed by atoms with Crippen LogP contribution in [0.25, 0.3) is 0 Å². The summed E-state index contributed by atoms with van der Waals surface area (Å²) in [5.74, 6) is 1.64. The molecule has 130 valence electrons. The molecule has 2 heteroatoms. The number of rotatable bonds is 9. The van der Waals surface area contributed by atoms with Gasteiger partial charge in [-0.1, -0.05) is 58.8 Å². The van der Waals surface area contributed by atoms with Crippen molar-refractivity contribution in [3.05, 3.63) is 0 Å². The third-order valence-electron chi connectivity index (χ3n) is 5.67. The van der Waals surface area contributed by atoms with Crippen LogP contribution in [0.2, 0.25) is 0 Å². The van der Waals surface area contributed by atoms with E-state index in [4.69, 9.17) is 9.47 Å². The number of unbranched alkanes of at least 4 members (excludes halogenated alkanes) is 4. The maximum absolute atomic E-state index is 6.28. The Morgan fingerprint density at radius 2 is 1.45 bits per heavy atom. The molecule has 0 aromatic heterocycles. The lowest BCUT2D eigenvalue weighted by atomic mass is 9.79. The maximum atomic E-state index is 6.28. The maximum Gasteiger partial charge on any atom is 0.160 e. The van der Waals surface area contributed by atoms with Gasteiger partial charge in [-0.15, -0.1) is 0 Å². The second-order valence-corrected chi connectivity index (χ2v) is 7.56. The molecule has 1 aliphatic heterocycles. The molecule has 1 saturated carbocycles. The van der Waals surface area contributed by atoms with Crippen LogP contribution in [-0.4, -0.2) is 19.0 Å². The Morgan fingerprint density at radius 1 is 0.773 bits per heavy atom. The van der Waals surface area contributed by atoms with Crippen LogP contribution in [0.3, 0.4) is 0 Å². The van der Waals surface area contributed by atoms with Gasteiger partial charge in [0.25, 0.3) is 0 Å². The molecular formula is C20H38O2. The van der Waals surface area contributed by atoms with Gasteiger partial charge in [-0.05, 0) is 44.4 Å². The second kappa shape index (κ2) is 10.6. The molecule has 0 aromatic carbocycles. The molecule has 0 bridgehead atoms. The van der Waals surface area contributed by atoms with Gasteiger partial charge in [-0.2, -0.15) is 0 Å². The first-order chi connectivity index (χ1) is 10.8. The van der Waals surface area contributed by atoms with E-state index in [9.17, 15) is 0 Å². The van der Waals surface area contributed by atoms with Crippen LogP contribution in [0.5, 0.6) is 0 Å². The predicted molar refractivity (Wildman–Crippen MR) is 93.0 cm³/mol. The third kappa shape index (κ3) is 6.20. The molecule has 0 N–H and O–H groups in total. The summed E-state index contributed by atoms with van der Waals surface area (Å²) in [5.41, 5.74) is 0. The van der Waals surface area contributed by atoms with Gasteiger partial charge < -0.3 is 9.47 Å². The zero-order chi connectivity index (χ0) is 15.6. The van der Waals surface area contributed by atoms with E-state index in [0.29, 0.717) is 12.0 Å². The molecule has 1 aliphatic carbocycles. The van der Waals surface area contributed by atoms with Crippen LogP contribution in [0, 0.1) is 11.8 Å². The summed E-state index contributed by atoms with van der Waals surface area (Å²) in [5, 5.41) is 0. The van der Waals surface area contributed by atoms with Crippen molar-refractivity contribution in [2.45, 2.75) is 110 Å². The Balaban J connectivity index is 1.65. The molecule has 2 atom stereocenters. The SMILES string of the molecule is CCCCCC1CCC([C@H]2OCC[C@H](CCCCC)O2)CC1. The number of hydrogen-bond acceptors (Lipinski definition) is 2. The van der Waals surface area contributed by atoms with Crippen LogP contribution in [-0.2, 0) is 9.47 Å². The Hall–Kier alpha value is -0.0800. The molecule has 2 rings (SSSR count). The number of ether oxygens (including phenoxy) is 2. The minimum absolute atomic E-state index is 0.108. The van der Waals surface area contributed by atoms with Gasteiger partial charge in [0.2, 0.25) is 0 Å². The Bertz CT molecular complexity index is 271. The molecule has 2 fully saturated rings. The zero-order valence-electron chi connectivity index (χ0n) is 15.0. The first-order valence-electron chi connectivity index (χ1n) is 10.1. The highest BCUT2D eigenvalue weighted by Crippen LogP contribution is 2.36. The van der Waals surface area contributed by atoms with E-state index in [2.05, 4.69) is 13.8 Å². The molecule has 0 radical (unpaired) electrons. The first-order valence-corrected chi connectivity index (χ1v) is 10.1. The van der Waals surface area contributed by atoms with Crippen molar-refractivity contribution in [1.29, 1.82) is 0 Å². The van der Waals surface area contributed by atoms with E-state index < -0.39 is 0 Å². The van der Waals surface area contributed by atoms with E-state index >= 15 is 0 Å². The van der Waals surface area contributed by atoms with Crippen molar-refractivity contribution in [3.8, 4) is 0 Å². The summed E-state index contributed by atoms with van der Waals surface area (Å²) < 4.78 is 12.2. The molecule has 0 aromatic rings. The van der Waals surface area contributed by atoms with Crippen molar-refractivity contribution < 1.29 is 9.47 Å². The Morgan fingerprint density at radius 3 is 2.14 bits per heavy atom. The van der Waals surface area contributed by atoms with E-state index in [-0.39, 0.29) is 6.29 Å². The summed E-state index contributed by atoms with van der Waals surface area (Å²) >= 11 is 0. The first kappa shape index (κ1) is 18.3. The molecule has 22 heavy (non-hydrogen) atoms. The van der Waals surface area contributed by atoms with Crippen molar-refractivity contribution in [3.63, 3.8) is 0 Å². The molecule has 1 saturated heterocycles. The summed E-state index contributed by atoms with van der Waals surface area (Å²) in [6.07, 6.45) is 18.0. The number of hydrogen-bond donors (Lipinski definition) is 0. The topological polar surface area (TPSA) is 18.5 Å². The van der Waals surface area contributed by atoms with Gasteiger partial charge in [-0.3, -0.25) is 0 Å². The van der Waals surface area contributed by atoms with Crippen LogP contribution in [0.1, 0.15) is 97.3 Å². The minimum atomic E-state index is 0.108. The average molecular weight is 311 g/mol. The van der Waals surface area contributed by atoms with E-state index in [1.165, 1.54) is 77.0 Å². The van der Waals surface area contributed by atoms with Crippen molar-refractivity contribution >= 4 is 0 Å².